The van der Waals surface area contributed by atoms with Crippen LogP contribution in [0.2, 0.25) is 0 Å². The predicted octanol–water partition coefficient (Wildman–Crippen LogP) is 12.0. The van der Waals surface area contributed by atoms with E-state index in [1.807, 2.05) is 18.2 Å². The van der Waals surface area contributed by atoms with Crippen molar-refractivity contribution in [3.8, 4) is 22.5 Å². The molecule has 0 aliphatic carbocycles. The molecule has 0 saturated carbocycles. The molecule has 4 heteroatoms. The molecule has 0 fully saturated rings. The Hall–Kier alpha value is -6.57. The molecule has 0 saturated heterocycles. The molecule has 218 valence electrons. The Bertz CT molecular complexity index is 2880. The standard InChI is InChI=1S/C43H25N3O/c1-44-34-19-12-18-31-32-25-26-40-41(43(32)47-42(31)34)33-17-6-11-24-39(33)46(40)38-23-10-5-16-30(38)29-15-4-9-22-37(29)45-35-20-7-2-13-27(35)28-14-3-8-21-36(28)45/h2-26H. The van der Waals surface area contributed by atoms with Crippen molar-refractivity contribution in [2.45, 2.75) is 0 Å². The van der Waals surface area contributed by atoms with Gasteiger partial charge in [-0.15, -0.1) is 0 Å². The van der Waals surface area contributed by atoms with Gasteiger partial charge < -0.3 is 13.6 Å². The van der Waals surface area contributed by atoms with Gasteiger partial charge in [-0.3, -0.25) is 0 Å². The van der Waals surface area contributed by atoms with Crippen LogP contribution in [-0.4, -0.2) is 9.13 Å². The first-order valence-electron chi connectivity index (χ1n) is 15.7. The Morgan fingerprint density at radius 3 is 1.53 bits per heavy atom. The maximum atomic E-state index is 7.73. The van der Waals surface area contributed by atoms with Gasteiger partial charge in [0, 0.05) is 38.1 Å². The summed E-state index contributed by atoms with van der Waals surface area (Å²) in [6, 6.07) is 53.4. The Labute approximate surface area is 269 Å². The molecule has 0 aliphatic rings. The quantitative estimate of drug-likeness (QED) is 0.186. The van der Waals surface area contributed by atoms with Crippen molar-refractivity contribution >= 4 is 71.2 Å². The van der Waals surface area contributed by atoms with E-state index in [-0.39, 0.29) is 0 Å². The maximum absolute atomic E-state index is 7.73. The van der Waals surface area contributed by atoms with Crippen LogP contribution in [0.5, 0.6) is 0 Å². The highest BCUT2D eigenvalue weighted by Gasteiger charge is 2.22. The Kier molecular flexibility index (Phi) is 5.32. The van der Waals surface area contributed by atoms with Gasteiger partial charge in [0.25, 0.3) is 0 Å². The Balaban J connectivity index is 1.30. The topological polar surface area (TPSA) is 27.4 Å². The highest BCUT2D eigenvalue weighted by molar-refractivity contribution is 6.24. The van der Waals surface area contributed by atoms with Crippen molar-refractivity contribution in [2.24, 2.45) is 0 Å². The normalized spacial score (nSPS) is 11.8. The predicted molar refractivity (Wildman–Crippen MR) is 194 cm³/mol. The van der Waals surface area contributed by atoms with Gasteiger partial charge in [-0.05, 0) is 42.5 Å². The molecule has 4 nitrogen and oxygen atoms in total. The highest BCUT2D eigenvalue weighted by Crippen LogP contribution is 2.44. The van der Waals surface area contributed by atoms with Crippen molar-refractivity contribution in [1.29, 1.82) is 0 Å². The van der Waals surface area contributed by atoms with Crippen molar-refractivity contribution in [3.05, 3.63) is 163 Å². The third-order valence-corrected chi connectivity index (χ3v) is 9.56. The fourth-order valence-corrected chi connectivity index (χ4v) is 7.62. The smallest absolute Gasteiger partial charge is 0.229 e. The number of fused-ring (bicyclic) bond motifs is 10. The van der Waals surface area contributed by atoms with Gasteiger partial charge in [-0.2, -0.15) is 0 Å². The molecule has 7 aromatic carbocycles. The molecule has 47 heavy (non-hydrogen) atoms. The van der Waals surface area contributed by atoms with Crippen LogP contribution < -0.4 is 0 Å². The first-order chi connectivity index (χ1) is 23.3. The first kappa shape index (κ1) is 25.7. The highest BCUT2D eigenvalue weighted by atomic mass is 16.3. The SMILES string of the molecule is [C-]#[N+]c1cccc2c1oc1c2ccc2c1c1ccccc1n2-c1ccccc1-c1ccccc1-n1c2ccccc2c2ccccc21. The number of hydrogen-bond donors (Lipinski definition) is 0. The molecule has 10 rings (SSSR count). The monoisotopic (exact) mass is 599 g/mol. The van der Waals surface area contributed by atoms with E-state index in [2.05, 4.69) is 147 Å². The number of rotatable bonds is 3. The fraction of sp³-hybridized carbons (Fsp3) is 0. The van der Waals surface area contributed by atoms with Crippen LogP contribution in [0.3, 0.4) is 0 Å². The molecule has 0 bridgehead atoms. The molecule has 3 heterocycles. The lowest BCUT2D eigenvalue weighted by Crippen LogP contribution is -2.01. The molecule has 0 amide bonds. The van der Waals surface area contributed by atoms with E-state index in [0.717, 1.165) is 60.7 Å². The van der Waals surface area contributed by atoms with E-state index in [9.17, 15) is 0 Å². The summed E-state index contributed by atoms with van der Waals surface area (Å²) in [6.45, 7) is 7.73. The first-order valence-corrected chi connectivity index (χ1v) is 15.7. The molecule has 0 radical (unpaired) electrons. The van der Waals surface area contributed by atoms with Gasteiger partial charge in [0.1, 0.15) is 11.2 Å². The molecule has 0 spiro atoms. The van der Waals surface area contributed by atoms with Crippen LogP contribution in [0.15, 0.2) is 156 Å². The average Bonchev–Trinajstić information content (AvgIpc) is 3.79. The van der Waals surface area contributed by atoms with Gasteiger partial charge in [0.05, 0.1) is 45.4 Å². The summed E-state index contributed by atoms with van der Waals surface area (Å²) in [5.74, 6) is 0. The Morgan fingerprint density at radius 2 is 0.894 bits per heavy atom. The number of hydrogen-bond acceptors (Lipinski definition) is 1. The largest absolute Gasteiger partial charge is 0.466 e. The number of furan rings is 1. The maximum Gasteiger partial charge on any atom is 0.229 e. The van der Waals surface area contributed by atoms with E-state index in [4.69, 9.17) is 11.0 Å². The van der Waals surface area contributed by atoms with Crippen LogP contribution in [0.1, 0.15) is 0 Å². The van der Waals surface area contributed by atoms with Crippen LogP contribution in [0, 0.1) is 6.57 Å². The average molecular weight is 600 g/mol. The molecule has 10 aromatic rings. The summed E-state index contributed by atoms with van der Waals surface area (Å²) in [7, 11) is 0. The summed E-state index contributed by atoms with van der Waals surface area (Å²) in [6.07, 6.45) is 0. The molecule has 0 N–H and O–H groups in total. The second-order valence-electron chi connectivity index (χ2n) is 12.0. The lowest BCUT2D eigenvalue weighted by molar-refractivity contribution is 0.675. The minimum Gasteiger partial charge on any atom is -0.466 e. The van der Waals surface area contributed by atoms with Crippen LogP contribution in [-0.2, 0) is 0 Å². The number of para-hydroxylation sites is 6. The number of nitrogens with zero attached hydrogens (tertiary/aromatic N) is 3. The molecule has 0 unspecified atom stereocenters. The number of aromatic nitrogens is 2. The zero-order chi connectivity index (χ0) is 31.1. The minimum absolute atomic E-state index is 0.530. The Morgan fingerprint density at radius 1 is 0.404 bits per heavy atom. The van der Waals surface area contributed by atoms with Crippen molar-refractivity contribution in [1.82, 2.24) is 9.13 Å². The van der Waals surface area contributed by atoms with E-state index in [1.54, 1.807) is 0 Å². The molecule has 3 aromatic heterocycles. The molecular formula is C43H25N3O. The minimum atomic E-state index is 0.530. The van der Waals surface area contributed by atoms with Crippen molar-refractivity contribution < 1.29 is 4.42 Å². The van der Waals surface area contributed by atoms with E-state index >= 15 is 0 Å². The summed E-state index contributed by atoms with van der Waals surface area (Å²) < 4.78 is 11.3. The lowest BCUT2D eigenvalue weighted by Gasteiger charge is -2.18. The third kappa shape index (κ3) is 3.51. The van der Waals surface area contributed by atoms with Gasteiger partial charge in [-0.25, -0.2) is 4.85 Å². The van der Waals surface area contributed by atoms with E-state index in [1.165, 1.54) is 21.8 Å². The molecule has 0 aliphatic heterocycles. The van der Waals surface area contributed by atoms with Crippen LogP contribution >= 0.6 is 0 Å². The summed E-state index contributed by atoms with van der Waals surface area (Å²) >= 11 is 0. The fourth-order valence-electron chi connectivity index (χ4n) is 7.62. The van der Waals surface area contributed by atoms with Crippen molar-refractivity contribution in [3.63, 3.8) is 0 Å². The number of benzene rings is 7. The molecule has 0 atom stereocenters. The second kappa shape index (κ2) is 9.71. The van der Waals surface area contributed by atoms with Crippen LogP contribution in [0.4, 0.5) is 5.69 Å². The lowest BCUT2D eigenvalue weighted by atomic mass is 10.0. The second-order valence-corrected chi connectivity index (χ2v) is 12.0. The third-order valence-electron chi connectivity index (χ3n) is 9.56. The van der Waals surface area contributed by atoms with E-state index < -0.39 is 0 Å². The summed E-state index contributed by atoms with van der Waals surface area (Å²) in [4.78, 5) is 3.75. The van der Waals surface area contributed by atoms with E-state index in [0.29, 0.717) is 11.3 Å². The summed E-state index contributed by atoms with van der Waals surface area (Å²) in [5.41, 5.74) is 11.0. The summed E-state index contributed by atoms with van der Waals surface area (Å²) in [5, 5.41) is 6.63. The zero-order valence-corrected chi connectivity index (χ0v) is 25.2. The zero-order valence-electron chi connectivity index (χ0n) is 25.2. The van der Waals surface area contributed by atoms with Crippen LogP contribution in [0.25, 0.3) is 92.9 Å². The van der Waals surface area contributed by atoms with Gasteiger partial charge in [0.15, 0.2) is 0 Å². The molecular weight excluding hydrogens is 574 g/mol. The van der Waals surface area contributed by atoms with Gasteiger partial charge >= 0.3 is 0 Å². The van der Waals surface area contributed by atoms with Crippen molar-refractivity contribution in [2.75, 3.05) is 0 Å². The van der Waals surface area contributed by atoms with Gasteiger partial charge in [-0.1, -0.05) is 109 Å². The van der Waals surface area contributed by atoms with Gasteiger partial charge in [0.2, 0.25) is 5.69 Å².